The Balaban J connectivity index is 0.00000243. The van der Waals surface area contributed by atoms with Crippen LogP contribution >= 0.6 is 12.4 Å². The Labute approximate surface area is 160 Å². The fourth-order valence-corrected chi connectivity index (χ4v) is 2.80. The second-order valence-corrected chi connectivity index (χ2v) is 6.37. The maximum absolute atomic E-state index is 13.0. The molecule has 0 radical (unpaired) electrons. The summed E-state index contributed by atoms with van der Waals surface area (Å²) in [4.78, 5) is 0. The van der Waals surface area contributed by atoms with Crippen molar-refractivity contribution in [2.75, 3.05) is 0 Å². The lowest BCUT2D eigenvalue weighted by atomic mass is 10.0. The van der Waals surface area contributed by atoms with Crippen LogP contribution in [0.25, 0.3) is 10.8 Å². The molecule has 26 heavy (non-hydrogen) atoms. The van der Waals surface area contributed by atoms with Crippen molar-refractivity contribution >= 4 is 23.2 Å². The Morgan fingerprint density at radius 2 is 1.73 bits per heavy atom. The maximum Gasteiger partial charge on any atom is 0.124 e. The molecular formula is C22H25ClFNO. The predicted octanol–water partition coefficient (Wildman–Crippen LogP) is 5.87. The van der Waals surface area contributed by atoms with Crippen LogP contribution in [-0.4, -0.2) is 6.04 Å². The summed E-state index contributed by atoms with van der Waals surface area (Å²) in [5.74, 6) is 0.645. The summed E-state index contributed by atoms with van der Waals surface area (Å²) in [5, 5.41) is 5.97. The van der Waals surface area contributed by atoms with Crippen LogP contribution in [-0.2, 0) is 13.2 Å². The lowest BCUT2D eigenvalue weighted by Gasteiger charge is -2.17. The zero-order valence-electron chi connectivity index (χ0n) is 15.2. The summed E-state index contributed by atoms with van der Waals surface area (Å²) in [6.45, 7) is 5.54. The molecule has 1 N–H and O–H groups in total. The van der Waals surface area contributed by atoms with Gasteiger partial charge in [-0.2, -0.15) is 0 Å². The molecule has 0 aliphatic heterocycles. The molecule has 3 aromatic rings. The summed E-state index contributed by atoms with van der Waals surface area (Å²) in [6, 6.07) is 19.4. The smallest absolute Gasteiger partial charge is 0.124 e. The van der Waals surface area contributed by atoms with Crippen molar-refractivity contribution in [3.8, 4) is 5.75 Å². The van der Waals surface area contributed by atoms with Crippen LogP contribution in [0.5, 0.6) is 5.75 Å². The Morgan fingerprint density at radius 1 is 1.00 bits per heavy atom. The molecule has 0 aliphatic rings. The Hall–Kier alpha value is -2.10. The third-order valence-electron chi connectivity index (χ3n) is 4.54. The van der Waals surface area contributed by atoms with Crippen LogP contribution in [0.3, 0.4) is 0 Å². The number of hydrogen-bond acceptors (Lipinski definition) is 2. The van der Waals surface area contributed by atoms with Crippen molar-refractivity contribution in [2.24, 2.45) is 0 Å². The lowest BCUT2D eigenvalue weighted by molar-refractivity contribution is 0.302. The van der Waals surface area contributed by atoms with E-state index in [0.717, 1.165) is 24.3 Å². The molecule has 0 spiro atoms. The highest BCUT2D eigenvalue weighted by Gasteiger charge is 2.10. The van der Waals surface area contributed by atoms with Crippen LogP contribution in [0, 0.1) is 5.82 Å². The fourth-order valence-electron chi connectivity index (χ4n) is 2.80. The normalized spacial score (nSPS) is 11.8. The van der Waals surface area contributed by atoms with Crippen molar-refractivity contribution in [3.63, 3.8) is 0 Å². The van der Waals surface area contributed by atoms with E-state index in [1.165, 1.54) is 28.5 Å². The molecule has 0 aliphatic carbocycles. The minimum atomic E-state index is -0.229. The standard InChI is InChI=1S/C22H24FNO.ClH/c1-3-16(2)24-14-21-20-7-5-4-6-18(20)10-13-22(21)25-15-17-8-11-19(23)12-9-17;/h4-13,16,24H,3,14-15H2,1-2H3;1H. The lowest BCUT2D eigenvalue weighted by Crippen LogP contribution is -2.24. The molecule has 0 fully saturated rings. The Bertz CT molecular complexity index is 835. The minimum absolute atomic E-state index is 0. The first-order chi connectivity index (χ1) is 12.2. The third kappa shape index (κ3) is 4.96. The van der Waals surface area contributed by atoms with E-state index in [4.69, 9.17) is 4.74 Å². The number of rotatable bonds is 7. The van der Waals surface area contributed by atoms with Gasteiger partial charge in [-0.25, -0.2) is 4.39 Å². The topological polar surface area (TPSA) is 21.3 Å². The van der Waals surface area contributed by atoms with Crippen LogP contribution in [0.15, 0.2) is 60.7 Å². The van der Waals surface area contributed by atoms with Crippen LogP contribution in [0.2, 0.25) is 0 Å². The van der Waals surface area contributed by atoms with Gasteiger partial charge in [-0.05, 0) is 47.9 Å². The first-order valence-electron chi connectivity index (χ1n) is 8.78. The highest BCUT2D eigenvalue weighted by atomic mass is 35.5. The van der Waals surface area contributed by atoms with E-state index in [2.05, 4.69) is 43.4 Å². The van der Waals surface area contributed by atoms with E-state index in [1.54, 1.807) is 12.1 Å². The van der Waals surface area contributed by atoms with Crippen LogP contribution in [0.4, 0.5) is 4.39 Å². The third-order valence-corrected chi connectivity index (χ3v) is 4.54. The fraction of sp³-hybridized carbons (Fsp3) is 0.273. The molecule has 3 rings (SSSR count). The average Bonchev–Trinajstić information content (AvgIpc) is 2.65. The van der Waals surface area contributed by atoms with Crippen LogP contribution in [0.1, 0.15) is 31.4 Å². The molecule has 0 saturated carbocycles. The molecular weight excluding hydrogens is 349 g/mol. The van der Waals surface area contributed by atoms with Crippen molar-refractivity contribution in [3.05, 3.63) is 77.6 Å². The van der Waals surface area contributed by atoms with Crippen LogP contribution < -0.4 is 10.1 Å². The molecule has 3 aromatic carbocycles. The second kappa shape index (κ2) is 9.56. The summed E-state index contributed by atoms with van der Waals surface area (Å²) < 4.78 is 19.1. The first-order valence-corrected chi connectivity index (χ1v) is 8.78. The molecule has 0 amide bonds. The predicted molar refractivity (Wildman–Crippen MR) is 109 cm³/mol. The molecule has 0 heterocycles. The monoisotopic (exact) mass is 373 g/mol. The van der Waals surface area contributed by atoms with Gasteiger partial charge in [0.1, 0.15) is 18.2 Å². The number of ether oxygens (including phenoxy) is 1. The van der Waals surface area contributed by atoms with E-state index in [1.807, 2.05) is 12.1 Å². The highest BCUT2D eigenvalue weighted by Crippen LogP contribution is 2.29. The quantitative estimate of drug-likeness (QED) is 0.559. The van der Waals surface area contributed by atoms with Gasteiger partial charge in [0.25, 0.3) is 0 Å². The molecule has 1 unspecified atom stereocenters. The van der Waals surface area contributed by atoms with Gasteiger partial charge in [-0.1, -0.05) is 49.4 Å². The average molecular weight is 374 g/mol. The Morgan fingerprint density at radius 3 is 2.46 bits per heavy atom. The molecule has 0 aromatic heterocycles. The zero-order valence-corrected chi connectivity index (χ0v) is 16.0. The van der Waals surface area contributed by atoms with Gasteiger partial charge < -0.3 is 10.1 Å². The van der Waals surface area contributed by atoms with E-state index < -0.39 is 0 Å². The molecule has 1 atom stereocenters. The van der Waals surface area contributed by atoms with Gasteiger partial charge in [0.2, 0.25) is 0 Å². The summed E-state index contributed by atoms with van der Waals surface area (Å²) in [7, 11) is 0. The van der Waals surface area contributed by atoms with Gasteiger partial charge in [0, 0.05) is 18.2 Å². The second-order valence-electron chi connectivity index (χ2n) is 6.37. The van der Waals surface area contributed by atoms with E-state index in [-0.39, 0.29) is 18.2 Å². The van der Waals surface area contributed by atoms with Gasteiger partial charge >= 0.3 is 0 Å². The number of nitrogens with one attached hydrogen (secondary N) is 1. The van der Waals surface area contributed by atoms with Gasteiger partial charge in [-0.15, -0.1) is 12.4 Å². The molecule has 0 saturated heterocycles. The number of hydrogen-bond donors (Lipinski definition) is 1. The Kier molecular flexibility index (Phi) is 7.43. The highest BCUT2D eigenvalue weighted by molar-refractivity contribution is 5.87. The SMILES string of the molecule is CCC(C)NCc1c(OCc2ccc(F)cc2)ccc2ccccc12.Cl. The van der Waals surface area contributed by atoms with Gasteiger partial charge in [0.15, 0.2) is 0 Å². The van der Waals surface area contributed by atoms with E-state index in [0.29, 0.717) is 12.6 Å². The number of fused-ring (bicyclic) bond motifs is 1. The van der Waals surface area contributed by atoms with E-state index >= 15 is 0 Å². The first kappa shape index (κ1) is 20.2. The van der Waals surface area contributed by atoms with Crippen molar-refractivity contribution in [2.45, 2.75) is 39.5 Å². The maximum atomic E-state index is 13.0. The van der Waals surface area contributed by atoms with Crippen molar-refractivity contribution in [1.82, 2.24) is 5.32 Å². The van der Waals surface area contributed by atoms with Crippen molar-refractivity contribution in [1.29, 1.82) is 0 Å². The zero-order chi connectivity index (χ0) is 17.6. The van der Waals surface area contributed by atoms with Gasteiger partial charge in [0.05, 0.1) is 0 Å². The molecule has 4 heteroatoms. The molecule has 138 valence electrons. The molecule has 0 bridgehead atoms. The van der Waals surface area contributed by atoms with Gasteiger partial charge in [-0.3, -0.25) is 0 Å². The molecule has 2 nitrogen and oxygen atoms in total. The number of halogens is 2. The summed E-state index contributed by atoms with van der Waals surface area (Å²) in [5.41, 5.74) is 2.12. The minimum Gasteiger partial charge on any atom is -0.489 e. The summed E-state index contributed by atoms with van der Waals surface area (Å²) in [6.07, 6.45) is 1.08. The largest absolute Gasteiger partial charge is 0.489 e. The number of benzene rings is 3. The summed E-state index contributed by atoms with van der Waals surface area (Å²) >= 11 is 0. The van der Waals surface area contributed by atoms with E-state index in [9.17, 15) is 4.39 Å². The van der Waals surface area contributed by atoms with Crippen molar-refractivity contribution < 1.29 is 9.13 Å².